The van der Waals surface area contributed by atoms with Crippen molar-refractivity contribution in [1.29, 1.82) is 0 Å². The van der Waals surface area contributed by atoms with Crippen LogP contribution >= 0.6 is 0 Å². The first kappa shape index (κ1) is 31.0. The summed E-state index contributed by atoms with van der Waals surface area (Å²) in [6.45, 7) is 0. The van der Waals surface area contributed by atoms with Crippen LogP contribution in [-0.4, -0.2) is 0 Å². The van der Waals surface area contributed by atoms with Gasteiger partial charge in [0.1, 0.15) is 22.3 Å². The van der Waals surface area contributed by atoms with Crippen LogP contribution in [0.2, 0.25) is 0 Å². The molecule has 11 aromatic rings. The predicted octanol–water partition coefficient (Wildman–Crippen LogP) is 14.5. The molecule has 1 aliphatic rings. The fourth-order valence-corrected chi connectivity index (χ4v) is 9.69. The van der Waals surface area contributed by atoms with E-state index in [9.17, 15) is 0 Å². The Bertz CT molecular complexity index is 3270. The van der Waals surface area contributed by atoms with Gasteiger partial charge in [0.05, 0.1) is 21.9 Å². The molecule has 0 fully saturated rings. The van der Waals surface area contributed by atoms with Crippen molar-refractivity contribution in [2.45, 2.75) is 5.41 Å². The summed E-state index contributed by atoms with van der Waals surface area (Å²) in [5.41, 5.74) is 13.6. The molecule has 0 saturated carbocycles. The van der Waals surface area contributed by atoms with Gasteiger partial charge in [-0.15, -0.1) is 0 Å². The molecule has 0 amide bonds. The Morgan fingerprint density at radius 2 is 0.946 bits per heavy atom. The van der Waals surface area contributed by atoms with Crippen molar-refractivity contribution in [2.24, 2.45) is 0 Å². The molecule has 12 rings (SSSR count). The third-order valence-corrected chi connectivity index (χ3v) is 11.9. The number of benzene rings is 9. The number of nitrogens with zero attached hydrogens (tertiary/aromatic N) is 1. The van der Waals surface area contributed by atoms with E-state index in [1.165, 1.54) is 33.4 Å². The van der Waals surface area contributed by atoms with Crippen molar-refractivity contribution >= 4 is 71.7 Å². The van der Waals surface area contributed by atoms with Gasteiger partial charge in [-0.2, -0.15) is 0 Å². The number of anilines is 3. The molecule has 262 valence electrons. The van der Waals surface area contributed by atoms with Gasteiger partial charge in [-0.05, 0) is 81.2 Å². The number of rotatable bonds is 5. The highest BCUT2D eigenvalue weighted by atomic mass is 16.3. The zero-order valence-corrected chi connectivity index (χ0v) is 30.3. The number of furan rings is 2. The zero-order valence-electron chi connectivity index (χ0n) is 30.3. The first-order valence-corrected chi connectivity index (χ1v) is 19.2. The molecule has 1 aliphatic carbocycles. The highest BCUT2D eigenvalue weighted by Gasteiger charge is 2.46. The zero-order chi connectivity index (χ0) is 36.8. The van der Waals surface area contributed by atoms with E-state index < -0.39 is 5.41 Å². The average molecular weight is 716 g/mol. The molecule has 0 saturated heterocycles. The standard InChI is InChI=1S/C53H33NO2/c1-4-17-34(18-5-1)53(35-19-6-2-7-20-35)43-27-14-12-23-38(43)39-32-31-37(33-44(39)53)54(36-21-8-3-9-22-36)45-28-16-30-47-50(45)48-40-24-10-11-25-41(40)51-49(52(48)56-47)42-26-13-15-29-46(42)55-51/h1-33H. The highest BCUT2D eigenvalue weighted by molar-refractivity contribution is 6.35. The summed E-state index contributed by atoms with van der Waals surface area (Å²) in [7, 11) is 0. The fraction of sp³-hybridized carbons (Fsp3) is 0.0189. The second kappa shape index (κ2) is 11.8. The maximum atomic E-state index is 6.98. The summed E-state index contributed by atoms with van der Waals surface area (Å²) < 4.78 is 13.6. The minimum Gasteiger partial charge on any atom is -0.455 e. The van der Waals surface area contributed by atoms with Gasteiger partial charge < -0.3 is 13.7 Å². The van der Waals surface area contributed by atoms with Crippen LogP contribution in [0.3, 0.4) is 0 Å². The van der Waals surface area contributed by atoms with Gasteiger partial charge in [0.15, 0.2) is 0 Å². The lowest BCUT2D eigenvalue weighted by Crippen LogP contribution is -2.28. The molecule has 0 bridgehead atoms. The highest BCUT2D eigenvalue weighted by Crippen LogP contribution is 2.58. The monoisotopic (exact) mass is 715 g/mol. The van der Waals surface area contributed by atoms with E-state index in [-0.39, 0.29) is 0 Å². The molecule has 0 spiro atoms. The third kappa shape index (κ3) is 4.17. The summed E-state index contributed by atoms with van der Waals surface area (Å²) in [5, 5.41) is 6.38. The van der Waals surface area contributed by atoms with Crippen molar-refractivity contribution in [1.82, 2.24) is 0 Å². The van der Waals surface area contributed by atoms with Crippen molar-refractivity contribution in [3.8, 4) is 11.1 Å². The second-order valence-electron chi connectivity index (χ2n) is 14.7. The number of para-hydroxylation sites is 2. The van der Waals surface area contributed by atoms with E-state index in [1.54, 1.807) is 0 Å². The van der Waals surface area contributed by atoms with E-state index in [1.807, 2.05) is 12.1 Å². The Kier molecular flexibility index (Phi) is 6.55. The van der Waals surface area contributed by atoms with Gasteiger partial charge in [-0.25, -0.2) is 0 Å². The number of hydrogen-bond donors (Lipinski definition) is 0. The Morgan fingerprint density at radius 1 is 0.357 bits per heavy atom. The Hall–Kier alpha value is -7.36. The molecule has 0 aliphatic heterocycles. The predicted molar refractivity (Wildman–Crippen MR) is 230 cm³/mol. The maximum absolute atomic E-state index is 6.98. The molecule has 3 heteroatoms. The van der Waals surface area contributed by atoms with Gasteiger partial charge in [0, 0.05) is 27.5 Å². The fourth-order valence-electron chi connectivity index (χ4n) is 9.69. The first-order chi connectivity index (χ1) is 27.8. The van der Waals surface area contributed by atoms with E-state index in [2.05, 4.69) is 193 Å². The molecule has 9 aromatic carbocycles. The van der Waals surface area contributed by atoms with Crippen LogP contribution in [0, 0.1) is 0 Å². The molecule has 0 unspecified atom stereocenters. The minimum absolute atomic E-state index is 0.523. The number of fused-ring (bicyclic) bond motifs is 13. The lowest BCUT2D eigenvalue weighted by atomic mass is 9.67. The third-order valence-electron chi connectivity index (χ3n) is 11.9. The molecular weight excluding hydrogens is 683 g/mol. The SMILES string of the molecule is c1ccc(N(c2ccc3c(c2)C(c2ccccc2)(c2ccccc2)c2ccccc2-3)c2cccc3oc4c5c6ccccc6oc5c5ccccc5c4c23)cc1. The van der Waals surface area contributed by atoms with Gasteiger partial charge in [0.2, 0.25) is 0 Å². The summed E-state index contributed by atoms with van der Waals surface area (Å²) in [5.74, 6) is 0. The maximum Gasteiger partial charge on any atom is 0.147 e. The number of hydrogen-bond acceptors (Lipinski definition) is 3. The molecule has 2 heterocycles. The largest absolute Gasteiger partial charge is 0.455 e. The summed E-state index contributed by atoms with van der Waals surface area (Å²) in [6.07, 6.45) is 0. The van der Waals surface area contributed by atoms with E-state index in [4.69, 9.17) is 8.83 Å². The lowest BCUT2D eigenvalue weighted by molar-refractivity contribution is 0.665. The summed E-state index contributed by atoms with van der Waals surface area (Å²) in [4.78, 5) is 2.41. The summed E-state index contributed by atoms with van der Waals surface area (Å²) in [6, 6.07) is 72.0. The van der Waals surface area contributed by atoms with E-state index in [0.717, 1.165) is 71.7 Å². The van der Waals surface area contributed by atoms with Crippen molar-refractivity contribution in [2.75, 3.05) is 4.90 Å². The quantitative estimate of drug-likeness (QED) is 0.178. The van der Waals surface area contributed by atoms with Gasteiger partial charge in [-0.1, -0.05) is 158 Å². The first-order valence-electron chi connectivity index (χ1n) is 19.2. The van der Waals surface area contributed by atoms with Crippen molar-refractivity contribution in [3.63, 3.8) is 0 Å². The van der Waals surface area contributed by atoms with Crippen LogP contribution < -0.4 is 4.90 Å². The molecule has 0 radical (unpaired) electrons. The van der Waals surface area contributed by atoms with Crippen LogP contribution in [0.25, 0.3) is 65.8 Å². The summed E-state index contributed by atoms with van der Waals surface area (Å²) >= 11 is 0. The van der Waals surface area contributed by atoms with E-state index >= 15 is 0 Å². The molecule has 0 atom stereocenters. The molecule has 56 heavy (non-hydrogen) atoms. The molecule has 0 N–H and O–H groups in total. The van der Waals surface area contributed by atoms with Crippen LogP contribution in [0.1, 0.15) is 22.3 Å². The van der Waals surface area contributed by atoms with Crippen molar-refractivity contribution < 1.29 is 8.83 Å². The van der Waals surface area contributed by atoms with Crippen LogP contribution in [-0.2, 0) is 5.41 Å². The normalized spacial score (nSPS) is 13.1. The Morgan fingerprint density at radius 3 is 1.71 bits per heavy atom. The Labute approximate surface area is 323 Å². The topological polar surface area (TPSA) is 29.5 Å². The van der Waals surface area contributed by atoms with Gasteiger partial charge >= 0.3 is 0 Å². The van der Waals surface area contributed by atoms with E-state index in [0.29, 0.717) is 0 Å². The molecule has 2 aromatic heterocycles. The average Bonchev–Trinajstić information content (AvgIpc) is 3.94. The molecule has 3 nitrogen and oxygen atoms in total. The van der Waals surface area contributed by atoms with Gasteiger partial charge in [0.25, 0.3) is 0 Å². The Balaban J connectivity index is 1.19. The van der Waals surface area contributed by atoms with Crippen molar-refractivity contribution in [3.05, 3.63) is 222 Å². The van der Waals surface area contributed by atoms with Crippen LogP contribution in [0.4, 0.5) is 17.1 Å². The smallest absolute Gasteiger partial charge is 0.147 e. The van der Waals surface area contributed by atoms with Gasteiger partial charge in [-0.3, -0.25) is 0 Å². The lowest BCUT2D eigenvalue weighted by Gasteiger charge is -2.35. The van der Waals surface area contributed by atoms with Crippen LogP contribution in [0.15, 0.2) is 209 Å². The molecular formula is C53H33NO2. The second-order valence-corrected chi connectivity index (χ2v) is 14.7. The van der Waals surface area contributed by atoms with Crippen LogP contribution in [0.5, 0.6) is 0 Å². The minimum atomic E-state index is -0.523.